The molecule has 0 aliphatic rings. The third-order valence-corrected chi connectivity index (χ3v) is 3.98. The zero-order valence-electron chi connectivity index (χ0n) is 13.9. The van der Waals surface area contributed by atoms with Crippen molar-refractivity contribution in [2.75, 3.05) is 17.7 Å². The van der Waals surface area contributed by atoms with Gasteiger partial charge >= 0.3 is 0 Å². The monoisotopic (exact) mass is 331 g/mol. The van der Waals surface area contributed by atoms with Crippen molar-refractivity contribution in [3.63, 3.8) is 0 Å². The SMILES string of the molecule is CNc1ccc(C)c(Nc2nc(-c3cccnc3)nc3[nH]cnc23)c1. The molecular formula is C18H17N7. The van der Waals surface area contributed by atoms with E-state index in [1.807, 2.05) is 38.2 Å². The van der Waals surface area contributed by atoms with E-state index in [1.54, 1.807) is 18.7 Å². The summed E-state index contributed by atoms with van der Waals surface area (Å²) in [7, 11) is 1.89. The molecule has 3 aromatic heterocycles. The lowest BCUT2D eigenvalue weighted by molar-refractivity contribution is 1.19. The maximum absolute atomic E-state index is 4.67. The van der Waals surface area contributed by atoms with Crippen LogP contribution in [0.5, 0.6) is 0 Å². The minimum atomic E-state index is 0.592. The van der Waals surface area contributed by atoms with Crippen molar-refractivity contribution in [1.82, 2.24) is 24.9 Å². The number of fused-ring (bicyclic) bond motifs is 1. The first-order valence-corrected chi connectivity index (χ1v) is 7.91. The van der Waals surface area contributed by atoms with Crippen molar-refractivity contribution in [1.29, 1.82) is 0 Å². The average molecular weight is 331 g/mol. The van der Waals surface area contributed by atoms with Crippen LogP contribution in [0.15, 0.2) is 49.1 Å². The van der Waals surface area contributed by atoms with Gasteiger partial charge in [0.2, 0.25) is 0 Å². The fraction of sp³-hybridized carbons (Fsp3) is 0.111. The van der Waals surface area contributed by atoms with Crippen molar-refractivity contribution in [2.24, 2.45) is 0 Å². The molecule has 0 radical (unpaired) electrons. The Bertz CT molecular complexity index is 1020. The highest BCUT2D eigenvalue weighted by Crippen LogP contribution is 2.28. The second-order valence-electron chi connectivity index (χ2n) is 5.64. The van der Waals surface area contributed by atoms with Crippen molar-refractivity contribution in [3.8, 4) is 11.4 Å². The predicted octanol–water partition coefficient (Wildman–Crippen LogP) is 3.51. The first-order valence-electron chi connectivity index (χ1n) is 7.91. The Hall–Kier alpha value is -3.48. The smallest absolute Gasteiger partial charge is 0.165 e. The second kappa shape index (κ2) is 6.20. The lowest BCUT2D eigenvalue weighted by Gasteiger charge is -2.12. The average Bonchev–Trinajstić information content (AvgIpc) is 3.13. The largest absolute Gasteiger partial charge is 0.388 e. The highest BCUT2D eigenvalue weighted by atomic mass is 15.1. The van der Waals surface area contributed by atoms with Crippen molar-refractivity contribution >= 4 is 28.4 Å². The fourth-order valence-electron chi connectivity index (χ4n) is 2.59. The topological polar surface area (TPSA) is 91.4 Å². The number of benzene rings is 1. The molecule has 0 atom stereocenters. The van der Waals surface area contributed by atoms with Gasteiger partial charge in [0.15, 0.2) is 22.8 Å². The standard InChI is InChI=1S/C18H17N7/c1-11-5-6-13(19-2)8-14(11)23-18-15-17(22-10-21-15)24-16(25-18)12-4-3-7-20-9-12/h3-10,19H,1-2H3,(H2,21,22,23,24,25). The van der Waals surface area contributed by atoms with Crippen molar-refractivity contribution in [3.05, 3.63) is 54.6 Å². The van der Waals surface area contributed by atoms with Crippen LogP contribution >= 0.6 is 0 Å². The van der Waals surface area contributed by atoms with Gasteiger partial charge in [-0.15, -0.1) is 0 Å². The fourth-order valence-corrected chi connectivity index (χ4v) is 2.59. The van der Waals surface area contributed by atoms with Gasteiger partial charge in [0.1, 0.15) is 0 Å². The van der Waals surface area contributed by atoms with Gasteiger partial charge in [0.05, 0.1) is 6.33 Å². The predicted molar refractivity (Wildman–Crippen MR) is 98.9 cm³/mol. The maximum Gasteiger partial charge on any atom is 0.165 e. The Balaban J connectivity index is 1.83. The van der Waals surface area contributed by atoms with Gasteiger partial charge in [-0.1, -0.05) is 6.07 Å². The molecule has 124 valence electrons. The first-order chi connectivity index (χ1) is 12.2. The van der Waals surface area contributed by atoms with Crippen molar-refractivity contribution < 1.29 is 0 Å². The van der Waals surface area contributed by atoms with Crippen LogP contribution in [0.2, 0.25) is 0 Å². The maximum atomic E-state index is 4.67. The summed E-state index contributed by atoms with van der Waals surface area (Å²) in [6.07, 6.45) is 5.09. The van der Waals surface area contributed by atoms with Crippen LogP contribution in [-0.4, -0.2) is 32.0 Å². The highest BCUT2D eigenvalue weighted by molar-refractivity contribution is 5.87. The van der Waals surface area contributed by atoms with Gasteiger partial charge in [-0.3, -0.25) is 4.98 Å². The van der Waals surface area contributed by atoms with Gasteiger partial charge in [0, 0.05) is 36.4 Å². The summed E-state index contributed by atoms with van der Waals surface area (Å²) >= 11 is 0. The number of hydrogen-bond donors (Lipinski definition) is 3. The Labute approximate surface area is 144 Å². The molecule has 3 N–H and O–H groups in total. The number of rotatable bonds is 4. The molecule has 0 unspecified atom stereocenters. The molecule has 0 spiro atoms. The van der Waals surface area contributed by atoms with Crippen LogP contribution in [-0.2, 0) is 0 Å². The molecule has 0 saturated heterocycles. The van der Waals surface area contributed by atoms with Crippen LogP contribution in [0.1, 0.15) is 5.56 Å². The number of nitrogens with zero attached hydrogens (tertiary/aromatic N) is 4. The van der Waals surface area contributed by atoms with E-state index in [4.69, 9.17) is 0 Å². The first kappa shape index (κ1) is 15.1. The summed E-state index contributed by atoms with van der Waals surface area (Å²) in [5, 5.41) is 6.54. The number of H-pyrrole nitrogens is 1. The molecule has 0 saturated carbocycles. The van der Waals surface area contributed by atoms with Gasteiger partial charge in [0.25, 0.3) is 0 Å². The molecule has 0 amide bonds. The number of hydrogen-bond acceptors (Lipinski definition) is 6. The van der Waals surface area contributed by atoms with Gasteiger partial charge in [-0.2, -0.15) is 0 Å². The molecule has 4 aromatic rings. The summed E-state index contributed by atoms with van der Waals surface area (Å²) in [6, 6.07) is 9.93. The van der Waals surface area contributed by atoms with E-state index < -0.39 is 0 Å². The summed E-state index contributed by atoms with van der Waals surface area (Å²) in [5.74, 6) is 1.25. The molecule has 25 heavy (non-hydrogen) atoms. The highest BCUT2D eigenvalue weighted by Gasteiger charge is 2.13. The number of aryl methyl sites for hydroxylation is 1. The van der Waals surface area contributed by atoms with E-state index in [2.05, 4.69) is 41.6 Å². The Kier molecular flexibility index (Phi) is 3.74. The van der Waals surface area contributed by atoms with Crippen LogP contribution in [0.3, 0.4) is 0 Å². The minimum Gasteiger partial charge on any atom is -0.388 e. The number of nitrogens with one attached hydrogen (secondary N) is 3. The molecule has 7 heteroatoms. The molecule has 4 rings (SSSR count). The zero-order valence-corrected chi connectivity index (χ0v) is 13.9. The number of anilines is 3. The normalized spacial score (nSPS) is 10.8. The molecular weight excluding hydrogens is 314 g/mol. The molecule has 0 bridgehead atoms. The van der Waals surface area contributed by atoms with Crippen molar-refractivity contribution in [2.45, 2.75) is 6.92 Å². The van der Waals surface area contributed by atoms with Gasteiger partial charge in [-0.05, 0) is 36.8 Å². The van der Waals surface area contributed by atoms with E-state index >= 15 is 0 Å². The number of pyridine rings is 1. The summed E-state index contributed by atoms with van der Waals surface area (Å²) in [5.41, 5.74) is 5.33. The van der Waals surface area contributed by atoms with Crippen LogP contribution < -0.4 is 10.6 Å². The van der Waals surface area contributed by atoms with E-state index in [9.17, 15) is 0 Å². The lowest BCUT2D eigenvalue weighted by Crippen LogP contribution is -2.01. The molecule has 0 aliphatic carbocycles. The quantitative estimate of drug-likeness (QED) is 0.530. The minimum absolute atomic E-state index is 0.592. The van der Waals surface area contributed by atoms with E-state index in [-0.39, 0.29) is 0 Å². The van der Waals surface area contributed by atoms with Crippen LogP contribution in [0, 0.1) is 6.92 Å². The molecule has 1 aromatic carbocycles. The van der Waals surface area contributed by atoms with Crippen LogP contribution in [0.4, 0.5) is 17.2 Å². The lowest BCUT2D eigenvalue weighted by atomic mass is 10.1. The number of aromatic nitrogens is 5. The van der Waals surface area contributed by atoms with E-state index in [0.717, 1.165) is 22.5 Å². The summed E-state index contributed by atoms with van der Waals surface area (Å²) in [4.78, 5) is 20.8. The van der Waals surface area contributed by atoms with Gasteiger partial charge < -0.3 is 15.6 Å². The molecule has 3 heterocycles. The summed E-state index contributed by atoms with van der Waals surface area (Å²) < 4.78 is 0. The molecule has 0 aliphatic heterocycles. The third-order valence-electron chi connectivity index (χ3n) is 3.98. The number of imidazole rings is 1. The Morgan fingerprint density at radius 1 is 1.12 bits per heavy atom. The van der Waals surface area contributed by atoms with E-state index in [0.29, 0.717) is 22.8 Å². The Morgan fingerprint density at radius 2 is 2.04 bits per heavy atom. The summed E-state index contributed by atoms with van der Waals surface area (Å²) in [6.45, 7) is 2.05. The molecule has 0 fully saturated rings. The van der Waals surface area contributed by atoms with Gasteiger partial charge in [-0.25, -0.2) is 15.0 Å². The second-order valence-corrected chi connectivity index (χ2v) is 5.64. The number of aromatic amines is 1. The zero-order chi connectivity index (χ0) is 17.2. The third kappa shape index (κ3) is 2.87. The Morgan fingerprint density at radius 3 is 2.84 bits per heavy atom. The van der Waals surface area contributed by atoms with Crippen LogP contribution in [0.25, 0.3) is 22.6 Å². The molecule has 7 nitrogen and oxygen atoms in total. The van der Waals surface area contributed by atoms with E-state index in [1.165, 1.54) is 0 Å².